The molecule has 1 aromatic heterocycles. The molecule has 0 spiro atoms. The molecule has 7 nitrogen and oxygen atoms in total. The van der Waals surface area contributed by atoms with Crippen LogP contribution in [0.4, 0.5) is 0 Å². The summed E-state index contributed by atoms with van der Waals surface area (Å²) in [4.78, 5) is 12.3. The zero-order chi connectivity index (χ0) is 21.6. The number of para-hydroxylation sites is 1. The summed E-state index contributed by atoms with van der Waals surface area (Å²) >= 11 is 0. The molecule has 1 heterocycles. The van der Waals surface area contributed by atoms with Crippen LogP contribution in [0.2, 0.25) is 0 Å². The maximum absolute atomic E-state index is 12.3. The zero-order valence-corrected chi connectivity index (χ0v) is 16.8. The molecule has 0 aliphatic heterocycles. The summed E-state index contributed by atoms with van der Waals surface area (Å²) < 4.78 is 7.00. The molecule has 0 atom stereocenters. The van der Waals surface area contributed by atoms with E-state index in [1.54, 1.807) is 18.0 Å². The number of methoxy groups -OCH3 is 1. The first-order valence-corrected chi connectivity index (χ1v) is 9.56. The minimum absolute atomic E-state index is 0.0949. The van der Waals surface area contributed by atoms with Gasteiger partial charge in [0, 0.05) is 22.9 Å². The Morgan fingerprint density at radius 3 is 2.42 bits per heavy atom. The Balaban J connectivity index is 1.63. The predicted molar refractivity (Wildman–Crippen MR) is 119 cm³/mol. The van der Waals surface area contributed by atoms with E-state index in [-0.39, 0.29) is 11.7 Å². The van der Waals surface area contributed by atoms with Crippen molar-refractivity contribution in [2.24, 2.45) is 5.10 Å². The largest absolute Gasteiger partial charge is 0.508 e. The molecule has 1 amide bonds. The van der Waals surface area contributed by atoms with Crippen molar-refractivity contribution in [2.45, 2.75) is 0 Å². The summed E-state index contributed by atoms with van der Waals surface area (Å²) in [5.41, 5.74) is 6.15. The summed E-state index contributed by atoms with van der Waals surface area (Å²) in [6.07, 6.45) is 3.41. The van der Waals surface area contributed by atoms with E-state index in [2.05, 4.69) is 10.5 Å². The highest BCUT2D eigenvalue weighted by Crippen LogP contribution is 2.25. The number of hydrazone groups is 1. The van der Waals surface area contributed by atoms with Crippen LogP contribution in [0.25, 0.3) is 16.9 Å². The molecule has 0 bridgehead atoms. The molecule has 3 aromatic carbocycles. The number of aromatic nitrogens is 2. The minimum Gasteiger partial charge on any atom is -0.508 e. The summed E-state index contributed by atoms with van der Waals surface area (Å²) in [5, 5.41) is 18.2. The van der Waals surface area contributed by atoms with Crippen LogP contribution in [-0.4, -0.2) is 34.1 Å². The fourth-order valence-corrected chi connectivity index (χ4v) is 3.01. The number of phenolic OH excluding ortho intramolecular Hbond substituents is 1. The Morgan fingerprint density at radius 2 is 1.74 bits per heavy atom. The highest BCUT2D eigenvalue weighted by atomic mass is 16.5. The van der Waals surface area contributed by atoms with Gasteiger partial charge in [0.15, 0.2) is 0 Å². The fourth-order valence-electron chi connectivity index (χ4n) is 3.01. The van der Waals surface area contributed by atoms with E-state index in [9.17, 15) is 9.90 Å². The predicted octanol–water partition coefficient (Wildman–Crippen LogP) is 4.02. The first-order valence-electron chi connectivity index (χ1n) is 9.56. The number of carbonyl (C=O) groups excluding carboxylic acids is 1. The molecule has 4 aromatic rings. The van der Waals surface area contributed by atoms with Gasteiger partial charge in [0.05, 0.1) is 19.0 Å². The van der Waals surface area contributed by atoms with Gasteiger partial charge in [-0.2, -0.15) is 10.2 Å². The highest BCUT2D eigenvalue weighted by Gasteiger charge is 2.12. The van der Waals surface area contributed by atoms with Gasteiger partial charge in [0.2, 0.25) is 0 Å². The van der Waals surface area contributed by atoms with E-state index >= 15 is 0 Å². The third-order valence-electron chi connectivity index (χ3n) is 4.63. The number of amides is 1. The van der Waals surface area contributed by atoms with Crippen molar-refractivity contribution < 1.29 is 14.6 Å². The standard InChI is InChI=1S/C24H20N4O3/c1-31-22-13-9-17(10-14-22)23-19(16-28(27-23)20-5-3-2-4-6-20)15-25-26-24(30)18-7-11-21(29)12-8-18/h2-16,29H,1H3,(H,26,30)/b25-15+. The number of nitrogens with one attached hydrogen (secondary N) is 1. The van der Waals surface area contributed by atoms with Crippen molar-refractivity contribution >= 4 is 12.1 Å². The highest BCUT2D eigenvalue weighted by molar-refractivity contribution is 5.95. The van der Waals surface area contributed by atoms with Crippen LogP contribution >= 0.6 is 0 Å². The second kappa shape index (κ2) is 8.96. The summed E-state index contributed by atoms with van der Waals surface area (Å²) in [6, 6.07) is 23.3. The topological polar surface area (TPSA) is 88.7 Å². The maximum atomic E-state index is 12.3. The number of benzene rings is 3. The molecule has 0 aliphatic rings. The zero-order valence-electron chi connectivity index (χ0n) is 16.8. The van der Waals surface area contributed by atoms with Gasteiger partial charge in [0.25, 0.3) is 5.91 Å². The third-order valence-corrected chi connectivity index (χ3v) is 4.63. The Kier molecular flexibility index (Phi) is 5.75. The van der Waals surface area contributed by atoms with Crippen LogP contribution in [0, 0.1) is 0 Å². The molecule has 0 saturated heterocycles. The van der Waals surface area contributed by atoms with Crippen LogP contribution in [-0.2, 0) is 0 Å². The number of aromatic hydroxyl groups is 1. The molecule has 154 valence electrons. The van der Waals surface area contributed by atoms with E-state index in [4.69, 9.17) is 9.84 Å². The number of rotatable bonds is 6. The van der Waals surface area contributed by atoms with Crippen molar-refractivity contribution in [1.82, 2.24) is 15.2 Å². The molecule has 4 rings (SSSR count). The molecule has 0 unspecified atom stereocenters. The van der Waals surface area contributed by atoms with Gasteiger partial charge < -0.3 is 9.84 Å². The summed E-state index contributed by atoms with van der Waals surface area (Å²) in [6.45, 7) is 0. The molecule has 0 saturated carbocycles. The van der Waals surface area contributed by atoms with Gasteiger partial charge in [-0.25, -0.2) is 10.1 Å². The van der Waals surface area contributed by atoms with Gasteiger partial charge in [-0.1, -0.05) is 18.2 Å². The number of ether oxygens (including phenoxy) is 1. The number of nitrogens with zero attached hydrogens (tertiary/aromatic N) is 3. The third kappa shape index (κ3) is 4.62. The quantitative estimate of drug-likeness (QED) is 0.370. The van der Waals surface area contributed by atoms with E-state index in [1.807, 2.05) is 60.8 Å². The molecule has 7 heteroatoms. The smallest absolute Gasteiger partial charge is 0.271 e. The van der Waals surface area contributed by atoms with Gasteiger partial charge in [0.1, 0.15) is 17.2 Å². The van der Waals surface area contributed by atoms with Crippen molar-refractivity contribution in [3.05, 3.63) is 96.2 Å². The lowest BCUT2D eigenvalue weighted by Crippen LogP contribution is -2.17. The SMILES string of the molecule is COc1ccc(-c2nn(-c3ccccc3)cc2/C=N/NC(=O)c2ccc(O)cc2)cc1. The Hall–Kier alpha value is -4.39. The van der Waals surface area contributed by atoms with E-state index in [0.717, 1.165) is 22.6 Å². The van der Waals surface area contributed by atoms with Gasteiger partial charge in [-0.05, 0) is 60.7 Å². The summed E-state index contributed by atoms with van der Waals surface area (Å²) in [5.74, 6) is 0.470. The number of carbonyl (C=O) groups is 1. The van der Waals surface area contributed by atoms with E-state index in [0.29, 0.717) is 11.3 Å². The van der Waals surface area contributed by atoms with Crippen LogP contribution in [0.5, 0.6) is 11.5 Å². The Morgan fingerprint density at radius 1 is 1.03 bits per heavy atom. The number of hydrogen-bond acceptors (Lipinski definition) is 5. The first kappa shape index (κ1) is 19.9. The number of phenols is 1. The lowest BCUT2D eigenvalue weighted by atomic mass is 10.1. The lowest BCUT2D eigenvalue weighted by Gasteiger charge is -2.03. The first-order chi connectivity index (χ1) is 15.1. The number of hydrogen-bond donors (Lipinski definition) is 2. The van der Waals surface area contributed by atoms with Crippen molar-refractivity contribution in [2.75, 3.05) is 7.11 Å². The normalized spacial score (nSPS) is 10.9. The van der Waals surface area contributed by atoms with Gasteiger partial charge in [-0.15, -0.1) is 0 Å². The second-order valence-electron chi connectivity index (χ2n) is 6.69. The molecule has 2 N–H and O–H groups in total. The summed E-state index contributed by atoms with van der Waals surface area (Å²) in [7, 11) is 1.62. The van der Waals surface area contributed by atoms with Gasteiger partial charge >= 0.3 is 0 Å². The van der Waals surface area contributed by atoms with E-state index < -0.39 is 0 Å². The van der Waals surface area contributed by atoms with Crippen molar-refractivity contribution in [1.29, 1.82) is 0 Å². The van der Waals surface area contributed by atoms with Gasteiger partial charge in [-0.3, -0.25) is 4.79 Å². The van der Waals surface area contributed by atoms with Crippen LogP contribution in [0.1, 0.15) is 15.9 Å². The average Bonchev–Trinajstić information content (AvgIpc) is 3.24. The monoisotopic (exact) mass is 412 g/mol. The van der Waals surface area contributed by atoms with E-state index in [1.165, 1.54) is 24.3 Å². The van der Waals surface area contributed by atoms with Crippen molar-refractivity contribution in [3.63, 3.8) is 0 Å². The fraction of sp³-hybridized carbons (Fsp3) is 0.0417. The van der Waals surface area contributed by atoms with Crippen LogP contribution < -0.4 is 10.2 Å². The molecule has 0 fully saturated rings. The molecule has 0 radical (unpaired) electrons. The molecule has 31 heavy (non-hydrogen) atoms. The maximum Gasteiger partial charge on any atom is 0.271 e. The van der Waals surface area contributed by atoms with Crippen molar-refractivity contribution in [3.8, 4) is 28.4 Å². The Labute approximate surface area is 179 Å². The van der Waals surface area contributed by atoms with Crippen LogP contribution in [0.15, 0.2) is 90.2 Å². The minimum atomic E-state index is -0.377. The lowest BCUT2D eigenvalue weighted by molar-refractivity contribution is 0.0955. The molecule has 0 aliphatic carbocycles. The molecular weight excluding hydrogens is 392 g/mol. The average molecular weight is 412 g/mol. The molecular formula is C24H20N4O3. The van der Waals surface area contributed by atoms with Crippen LogP contribution in [0.3, 0.4) is 0 Å². The second-order valence-corrected chi connectivity index (χ2v) is 6.69. The Bertz CT molecular complexity index is 1200.